The van der Waals surface area contributed by atoms with Crippen LogP contribution in [-0.4, -0.2) is 42.7 Å². The van der Waals surface area contributed by atoms with Gasteiger partial charge in [0.15, 0.2) is 6.10 Å². The molecule has 1 aliphatic rings. The van der Waals surface area contributed by atoms with Crippen molar-refractivity contribution in [2.24, 2.45) is 0 Å². The molecule has 1 aromatic carbocycles. The summed E-state index contributed by atoms with van der Waals surface area (Å²) in [5.74, 6) is 1.23. The summed E-state index contributed by atoms with van der Waals surface area (Å²) in [4.78, 5) is 14.2. The summed E-state index contributed by atoms with van der Waals surface area (Å²) in [7, 11) is 0. The lowest BCUT2D eigenvalue weighted by atomic mass is 10.0. The summed E-state index contributed by atoms with van der Waals surface area (Å²) in [5, 5.41) is 0. The second-order valence-corrected chi connectivity index (χ2v) is 5.95. The molecule has 4 nitrogen and oxygen atoms in total. The average Bonchev–Trinajstić information content (AvgIpc) is 2.46. The van der Waals surface area contributed by atoms with Crippen LogP contribution in [-0.2, 0) is 9.53 Å². The molecule has 1 aliphatic heterocycles. The Bertz CT molecular complexity index is 487. The Labute approximate surface area is 127 Å². The summed E-state index contributed by atoms with van der Waals surface area (Å²) in [5.41, 5.74) is 1.21. The normalized spacial score (nSPS) is 20.4. The second-order valence-electron chi connectivity index (χ2n) is 5.95. The first kappa shape index (κ1) is 15.8. The topological polar surface area (TPSA) is 38.8 Å². The number of hydrogen-bond acceptors (Lipinski definition) is 3. The molecule has 2 atom stereocenters. The monoisotopic (exact) mass is 291 g/mol. The summed E-state index contributed by atoms with van der Waals surface area (Å²) in [6, 6.07) is 7.96. The van der Waals surface area contributed by atoms with E-state index in [2.05, 4.69) is 19.9 Å². The van der Waals surface area contributed by atoms with Gasteiger partial charge in [0, 0.05) is 13.1 Å². The third kappa shape index (κ3) is 4.21. The van der Waals surface area contributed by atoms with E-state index in [1.807, 2.05) is 36.9 Å². The smallest absolute Gasteiger partial charge is 0.263 e. The minimum Gasteiger partial charge on any atom is -0.481 e. The molecule has 0 saturated carbocycles. The van der Waals surface area contributed by atoms with E-state index in [-0.39, 0.29) is 12.0 Å². The van der Waals surface area contributed by atoms with Crippen molar-refractivity contribution in [2.75, 3.05) is 19.7 Å². The van der Waals surface area contributed by atoms with Gasteiger partial charge in [0.1, 0.15) is 5.75 Å². The number of hydrogen-bond donors (Lipinski definition) is 0. The van der Waals surface area contributed by atoms with Crippen molar-refractivity contribution < 1.29 is 14.3 Å². The van der Waals surface area contributed by atoms with Crippen molar-refractivity contribution in [3.8, 4) is 5.75 Å². The SMILES string of the molecule is CC1CN(C(=O)C(C)Oc2cccc(C(C)C)c2)CCO1. The first-order valence-electron chi connectivity index (χ1n) is 7.64. The first-order chi connectivity index (χ1) is 9.97. The molecule has 0 aromatic heterocycles. The molecular weight excluding hydrogens is 266 g/mol. The van der Waals surface area contributed by atoms with Gasteiger partial charge in [-0.1, -0.05) is 26.0 Å². The van der Waals surface area contributed by atoms with Gasteiger partial charge in [0.2, 0.25) is 0 Å². The Kier molecular flexibility index (Phi) is 5.23. The van der Waals surface area contributed by atoms with Crippen LogP contribution >= 0.6 is 0 Å². The van der Waals surface area contributed by atoms with Crippen molar-refractivity contribution in [3.05, 3.63) is 29.8 Å². The van der Waals surface area contributed by atoms with E-state index in [0.29, 0.717) is 25.6 Å². The number of amides is 1. The third-order valence-electron chi connectivity index (χ3n) is 3.74. The van der Waals surface area contributed by atoms with Gasteiger partial charge in [0.25, 0.3) is 5.91 Å². The van der Waals surface area contributed by atoms with Gasteiger partial charge >= 0.3 is 0 Å². The molecule has 0 N–H and O–H groups in total. The van der Waals surface area contributed by atoms with Gasteiger partial charge in [-0.2, -0.15) is 0 Å². The fourth-order valence-electron chi connectivity index (χ4n) is 2.48. The van der Waals surface area contributed by atoms with Crippen LogP contribution in [0, 0.1) is 0 Å². The van der Waals surface area contributed by atoms with E-state index in [1.54, 1.807) is 0 Å². The van der Waals surface area contributed by atoms with Crippen molar-refractivity contribution >= 4 is 5.91 Å². The molecule has 2 unspecified atom stereocenters. The first-order valence-corrected chi connectivity index (χ1v) is 7.64. The van der Waals surface area contributed by atoms with Crippen LogP contribution < -0.4 is 4.74 Å². The molecule has 2 rings (SSSR count). The van der Waals surface area contributed by atoms with Gasteiger partial charge in [-0.25, -0.2) is 0 Å². The van der Waals surface area contributed by atoms with Crippen LogP contribution in [0.2, 0.25) is 0 Å². The Hall–Kier alpha value is -1.55. The molecule has 0 aliphatic carbocycles. The molecular formula is C17H25NO3. The summed E-state index contributed by atoms with van der Waals surface area (Å²) < 4.78 is 11.3. The number of morpholine rings is 1. The summed E-state index contributed by atoms with van der Waals surface area (Å²) >= 11 is 0. The van der Waals surface area contributed by atoms with E-state index in [0.717, 1.165) is 5.75 Å². The molecule has 0 spiro atoms. The highest BCUT2D eigenvalue weighted by molar-refractivity contribution is 5.81. The third-order valence-corrected chi connectivity index (χ3v) is 3.74. The summed E-state index contributed by atoms with van der Waals surface area (Å²) in [6.07, 6.45) is -0.378. The van der Waals surface area contributed by atoms with Crippen LogP contribution in [0.25, 0.3) is 0 Å². The molecule has 21 heavy (non-hydrogen) atoms. The lowest BCUT2D eigenvalue weighted by Crippen LogP contribution is -2.49. The van der Waals surface area contributed by atoms with E-state index < -0.39 is 6.10 Å². The predicted molar refractivity (Wildman–Crippen MR) is 82.6 cm³/mol. The maximum absolute atomic E-state index is 12.4. The Balaban J connectivity index is 1.98. The lowest BCUT2D eigenvalue weighted by molar-refractivity contribution is -0.144. The van der Waals surface area contributed by atoms with Gasteiger partial charge in [-0.05, 0) is 37.5 Å². The lowest BCUT2D eigenvalue weighted by Gasteiger charge is -2.32. The molecule has 1 heterocycles. The van der Waals surface area contributed by atoms with Gasteiger partial charge < -0.3 is 14.4 Å². The van der Waals surface area contributed by atoms with Gasteiger partial charge in [-0.3, -0.25) is 4.79 Å². The predicted octanol–water partition coefficient (Wildman–Crippen LogP) is 2.82. The zero-order valence-corrected chi connectivity index (χ0v) is 13.3. The Morgan fingerprint density at radius 3 is 2.81 bits per heavy atom. The van der Waals surface area contributed by atoms with Gasteiger partial charge in [-0.15, -0.1) is 0 Å². The molecule has 4 heteroatoms. The van der Waals surface area contributed by atoms with Crippen LogP contribution in [0.5, 0.6) is 5.75 Å². The number of nitrogens with zero attached hydrogens (tertiary/aromatic N) is 1. The largest absolute Gasteiger partial charge is 0.481 e. The van der Waals surface area contributed by atoms with Crippen LogP contribution in [0.4, 0.5) is 0 Å². The van der Waals surface area contributed by atoms with Crippen LogP contribution in [0.15, 0.2) is 24.3 Å². The zero-order chi connectivity index (χ0) is 15.4. The van der Waals surface area contributed by atoms with Crippen molar-refractivity contribution in [2.45, 2.75) is 45.8 Å². The van der Waals surface area contributed by atoms with E-state index in [4.69, 9.17) is 9.47 Å². The standard InChI is InChI=1S/C17H25NO3/c1-12(2)15-6-5-7-16(10-15)21-14(4)17(19)18-8-9-20-13(3)11-18/h5-7,10,12-14H,8-9,11H2,1-4H3. The number of carbonyl (C=O) groups is 1. The second kappa shape index (κ2) is 6.94. The minimum absolute atomic E-state index is 0.0279. The summed E-state index contributed by atoms with van der Waals surface area (Å²) in [6.45, 7) is 9.96. The number of rotatable bonds is 4. The fraction of sp³-hybridized carbons (Fsp3) is 0.588. The molecule has 1 saturated heterocycles. The molecule has 0 bridgehead atoms. The van der Waals surface area contributed by atoms with E-state index in [1.165, 1.54) is 5.56 Å². The van der Waals surface area contributed by atoms with Crippen LogP contribution in [0.1, 0.15) is 39.2 Å². The quantitative estimate of drug-likeness (QED) is 0.856. The zero-order valence-electron chi connectivity index (χ0n) is 13.3. The highest BCUT2D eigenvalue weighted by Crippen LogP contribution is 2.21. The fourth-order valence-corrected chi connectivity index (χ4v) is 2.48. The molecule has 1 fully saturated rings. The Morgan fingerprint density at radius 2 is 2.14 bits per heavy atom. The molecule has 0 radical (unpaired) electrons. The molecule has 1 aromatic rings. The highest BCUT2D eigenvalue weighted by Gasteiger charge is 2.26. The van der Waals surface area contributed by atoms with Gasteiger partial charge in [0.05, 0.1) is 12.7 Å². The maximum atomic E-state index is 12.4. The van der Waals surface area contributed by atoms with Crippen molar-refractivity contribution in [1.29, 1.82) is 0 Å². The van der Waals surface area contributed by atoms with Crippen LogP contribution in [0.3, 0.4) is 0 Å². The van der Waals surface area contributed by atoms with E-state index in [9.17, 15) is 4.79 Å². The highest BCUT2D eigenvalue weighted by atomic mass is 16.5. The molecule has 1 amide bonds. The number of benzene rings is 1. The van der Waals surface area contributed by atoms with Crippen molar-refractivity contribution in [3.63, 3.8) is 0 Å². The Morgan fingerprint density at radius 1 is 1.38 bits per heavy atom. The molecule has 116 valence electrons. The van der Waals surface area contributed by atoms with E-state index >= 15 is 0 Å². The number of carbonyl (C=O) groups excluding carboxylic acids is 1. The minimum atomic E-state index is -0.474. The maximum Gasteiger partial charge on any atom is 0.263 e. The number of ether oxygens (including phenoxy) is 2. The van der Waals surface area contributed by atoms with Crippen molar-refractivity contribution in [1.82, 2.24) is 4.90 Å². The average molecular weight is 291 g/mol.